The Labute approximate surface area is 120 Å². The molecule has 0 amide bonds. The first kappa shape index (κ1) is 12.8. The van der Waals surface area contributed by atoms with Crippen molar-refractivity contribution in [3.8, 4) is 0 Å². The zero-order valence-corrected chi connectivity index (χ0v) is 12.3. The molecule has 4 fully saturated rings. The third-order valence-electron chi connectivity index (χ3n) is 5.94. The van der Waals surface area contributed by atoms with Crippen molar-refractivity contribution in [2.75, 3.05) is 0 Å². The van der Waals surface area contributed by atoms with Crippen LogP contribution in [0, 0.1) is 23.2 Å². The zero-order chi connectivity index (χ0) is 13.7. The molecule has 2 N–H and O–H groups in total. The van der Waals surface area contributed by atoms with E-state index in [-0.39, 0.29) is 6.04 Å². The molecule has 0 saturated heterocycles. The molecule has 1 unspecified atom stereocenters. The van der Waals surface area contributed by atoms with Crippen molar-refractivity contribution in [1.82, 2.24) is 10.1 Å². The molecule has 4 heteroatoms. The van der Waals surface area contributed by atoms with Crippen LogP contribution in [0.15, 0.2) is 4.52 Å². The van der Waals surface area contributed by atoms with Gasteiger partial charge in [0.1, 0.15) is 0 Å². The fourth-order valence-corrected chi connectivity index (χ4v) is 5.66. The molecule has 0 spiro atoms. The fourth-order valence-electron chi connectivity index (χ4n) is 5.66. The SMILES string of the molecule is CCc1noc(C(N)CC23CC4CC(CC(C4)C2)C3)n1. The largest absolute Gasteiger partial charge is 0.338 e. The van der Waals surface area contributed by atoms with Crippen LogP contribution in [0.2, 0.25) is 0 Å². The van der Waals surface area contributed by atoms with Gasteiger partial charge in [0.15, 0.2) is 5.82 Å². The average Bonchev–Trinajstić information content (AvgIpc) is 2.85. The molecule has 4 bridgehead atoms. The summed E-state index contributed by atoms with van der Waals surface area (Å²) in [5.74, 6) is 4.35. The maximum absolute atomic E-state index is 6.39. The van der Waals surface area contributed by atoms with Crippen molar-refractivity contribution in [3.05, 3.63) is 11.7 Å². The first-order chi connectivity index (χ1) is 9.66. The van der Waals surface area contributed by atoms with E-state index in [1.807, 2.05) is 6.92 Å². The van der Waals surface area contributed by atoms with Gasteiger partial charge in [-0.15, -0.1) is 0 Å². The quantitative estimate of drug-likeness (QED) is 0.916. The Kier molecular flexibility index (Phi) is 2.92. The molecule has 1 aromatic heterocycles. The Morgan fingerprint density at radius 1 is 1.20 bits per heavy atom. The average molecular weight is 275 g/mol. The van der Waals surface area contributed by atoms with E-state index in [0.717, 1.165) is 36.4 Å². The third kappa shape index (κ3) is 2.09. The molecular formula is C16H25N3O. The number of aryl methyl sites for hydroxylation is 1. The van der Waals surface area contributed by atoms with E-state index >= 15 is 0 Å². The smallest absolute Gasteiger partial charge is 0.243 e. The summed E-state index contributed by atoms with van der Waals surface area (Å²) >= 11 is 0. The molecule has 4 aliphatic carbocycles. The van der Waals surface area contributed by atoms with E-state index in [2.05, 4.69) is 10.1 Å². The molecule has 1 atom stereocenters. The highest BCUT2D eigenvalue weighted by atomic mass is 16.5. The molecular weight excluding hydrogens is 250 g/mol. The Bertz CT molecular complexity index is 460. The first-order valence-electron chi connectivity index (χ1n) is 8.24. The van der Waals surface area contributed by atoms with Crippen LogP contribution in [-0.4, -0.2) is 10.1 Å². The minimum Gasteiger partial charge on any atom is -0.338 e. The number of aromatic nitrogens is 2. The number of rotatable bonds is 4. The van der Waals surface area contributed by atoms with Crippen molar-refractivity contribution in [2.45, 2.75) is 64.3 Å². The molecule has 20 heavy (non-hydrogen) atoms. The van der Waals surface area contributed by atoms with E-state index < -0.39 is 0 Å². The molecule has 1 aromatic rings. The second kappa shape index (κ2) is 4.55. The highest BCUT2D eigenvalue weighted by molar-refractivity contribution is 5.04. The first-order valence-corrected chi connectivity index (χ1v) is 8.24. The highest BCUT2D eigenvalue weighted by Gasteiger charge is 2.51. The van der Waals surface area contributed by atoms with Crippen LogP contribution >= 0.6 is 0 Å². The van der Waals surface area contributed by atoms with Gasteiger partial charge in [0.2, 0.25) is 5.89 Å². The predicted molar refractivity (Wildman–Crippen MR) is 75.8 cm³/mol. The van der Waals surface area contributed by atoms with E-state index in [9.17, 15) is 0 Å². The molecule has 110 valence electrons. The summed E-state index contributed by atoms with van der Waals surface area (Å²) in [6.45, 7) is 2.04. The standard InChI is InChI=1S/C16H25N3O/c1-2-14-18-15(20-19-14)13(17)9-16-6-10-3-11(7-16)5-12(4-10)8-16/h10-13H,2-9,17H2,1H3. The van der Waals surface area contributed by atoms with Crippen molar-refractivity contribution in [3.63, 3.8) is 0 Å². The Morgan fingerprint density at radius 2 is 1.80 bits per heavy atom. The maximum Gasteiger partial charge on any atom is 0.243 e. The summed E-state index contributed by atoms with van der Waals surface area (Å²) in [5.41, 5.74) is 6.87. The summed E-state index contributed by atoms with van der Waals surface area (Å²) < 4.78 is 5.35. The molecule has 4 saturated carbocycles. The number of nitrogens with zero attached hydrogens (tertiary/aromatic N) is 2. The summed E-state index contributed by atoms with van der Waals surface area (Å²) in [6.07, 6.45) is 10.5. The van der Waals surface area contributed by atoms with Gasteiger partial charge in [-0.2, -0.15) is 4.98 Å². The van der Waals surface area contributed by atoms with Gasteiger partial charge in [-0.1, -0.05) is 12.1 Å². The molecule has 5 rings (SSSR count). The summed E-state index contributed by atoms with van der Waals surface area (Å²) in [5, 5.41) is 3.98. The minimum atomic E-state index is -0.0703. The number of nitrogens with two attached hydrogens (primary N) is 1. The van der Waals surface area contributed by atoms with Gasteiger partial charge >= 0.3 is 0 Å². The van der Waals surface area contributed by atoms with Gasteiger partial charge in [-0.05, 0) is 68.1 Å². The summed E-state index contributed by atoms with van der Waals surface area (Å²) in [6, 6.07) is -0.0703. The van der Waals surface area contributed by atoms with Gasteiger partial charge in [0.25, 0.3) is 0 Å². The van der Waals surface area contributed by atoms with Gasteiger partial charge in [0, 0.05) is 6.42 Å². The van der Waals surface area contributed by atoms with Crippen LogP contribution in [0.25, 0.3) is 0 Å². The van der Waals surface area contributed by atoms with E-state index in [4.69, 9.17) is 10.3 Å². The molecule has 4 aliphatic rings. The van der Waals surface area contributed by atoms with Crippen molar-refractivity contribution >= 4 is 0 Å². The van der Waals surface area contributed by atoms with Crippen molar-refractivity contribution < 1.29 is 4.52 Å². The van der Waals surface area contributed by atoms with Crippen LogP contribution < -0.4 is 5.73 Å². The maximum atomic E-state index is 6.39. The summed E-state index contributed by atoms with van der Waals surface area (Å²) in [4.78, 5) is 4.42. The lowest BCUT2D eigenvalue weighted by Crippen LogP contribution is -2.47. The van der Waals surface area contributed by atoms with E-state index in [0.29, 0.717) is 11.3 Å². The fraction of sp³-hybridized carbons (Fsp3) is 0.875. The van der Waals surface area contributed by atoms with Crippen LogP contribution in [0.3, 0.4) is 0 Å². The van der Waals surface area contributed by atoms with Gasteiger partial charge in [-0.25, -0.2) is 0 Å². The lowest BCUT2D eigenvalue weighted by atomic mass is 9.48. The molecule has 0 aliphatic heterocycles. The van der Waals surface area contributed by atoms with Gasteiger partial charge in [-0.3, -0.25) is 0 Å². The molecule has 4 nitrogen and oxygen atoms in total. The molecule has 0 radical (unpaired) electrons. The molecule has 0 aromatic carbocycles. The minimum absolute atomic E-state index is 0.0703. The number of hydrogen-bond donors (Lipinski definition) is 1. The van der Waals surface area contributed by atoms with Gasteiger partial charge in [0.05, 0.1) is 6.04 Å². The Balaban J connectivity index is 1.50. The van der Waals surface area contributed by atoms with Crippen LogP contribution in [0.5, 0.6) is 0 Å². The van der Waals surface area contributed by atoms with Crippen molar-refractivity contribution in [2.24, 2.45) is 28.9 Å². The Morgan fingerprint density at radius 3 is 2.30 bits per heavy atom. The lowest BCUT2D eigenvalue weighted by Gasteiger charge is -2.57. The zero-order valence-electron chi connectivity index (χ0n) is 12.3. The van der Waals surface area contributed by atoms with Crippen LogP contribution in [-0.2, 0) is 6.42 Å². The van der Waals surface area contributed by atoms with Gasteiger partial charge < -0.3 is 10.3 Å². The Hall–Kier alpha value is -0.900. The van der Waals surface area contributed by atoms with E-state index in [1.54, 1.807) is 0 Å². The van der Waals surface area contributed by atoms with E-state index in [1.165, 1.54) is 38.5 Å². The highest BCUT2D eigenvalue weighted by Crippen LogP contribution is 2.62. The predicted octanol–water partition coefficient (Wildman–Crippen LogP) is 3.24. The summed E-state index contributed by atoms with van der Waals surface area (Å²) in [7, 11) is 0. The topological polar surface area (TPSA) is 64.9 Å². The second-order valence-electron chi connectivity index (χ2n) is 7.63. The van der Waals surface area contributed by atoms with Crippen molar-refractivity contribution in [1.29, 1.82) is 0 Å². The lowest BCUT2D eigenvalue weighted by molar-refractivity contribution is -0.0617. The van der Waals surface area contributed by atoms with Crippen LogP contribution in [0.1, 0.15) is 69.6 Å². The monoisotopic (exact) mass is 275 g/mol. The normalized spacial score (nSPS) is 40.2. The van der Waals surface area contributed by atoms with Crippen LogP contribution in [0.4, 0.5) is 0 Å². The number of hydrogen-bond acceptors (Lipinski definition) is 4. The molecule has 1 heterocycles. The third-order valence-corrected chi connectivity index (χ3v) is 5.94. The second-order valence-corrected chi connectivity index (χ2v) is 7.63.